The van der Waals surface area contributed by atoms with Gasteiger partial charge in [0.25, 0.3) is 0 Å². The highest BCUT2D eigenvalue weighted by Gasteiger charge is 2.41. The number of ether oxygens (including phenoxy) is 2. The highest BCUT2D eigenvalue weighted by molar-refractivity contribution is 5.66. The molecule has 1 aliphatic heterocycles. The van der Waals surface area contributed by atoms with Crippen molar-refractivity contribution in [3.8, 4) is 0 Å². The van der Waals surface area contributed by atoms with E-state index >= 15 is 0 Å². The second-order valence-electron chi connectivity index (χ2n) is 3.69. The molecule has 4 nitrogen and oxygen atoms in total. The van der Waals surface area contributed by atoms with E-state index in [4.69, 9.17) is 13.9 Å². The molecule has 0 N–H and O–H groups in total. The zero-order valence-corrected chi connectivity index (χ0v) is 8.49. The Morgan fingerprint density at radius 1 is 1.53 bits per heavy atom. The van der Waals surface area contributed by atoms with E-state index < -0.39 is 11.8 Å². The fraction of sp³-hybridized carbons (Fsp3) is 0.364. The van der Waals surface area contributed by atoms with Gasteiger partial charge in [-0.05, 0) is 19.1 Å². The Labute approximate surface area is 87.5 Å². The molecule has 1 saturated heterocycles. The summed E-state index contributed by atoms with van der Waals surface area (Å²) in [5.74, 6) is 1.21. The third kappa shape index (κ3) is 1.88. The molecule has 1 aromatic rings. The van der Waals surface area contributed by atoms with Gasteiger partial charge in [0.1, 0.15) is 11.5 Å². The number of rotatable bonds is 3. The lowest BCUT2D eigenvalue weighted by Crippen LogP contribution is -2.26. The van der Waals surface area contributed by atoms with E-state index in [0.717, 1.165) is 5.76 Å². The molecule has 15 heavy (non-hydrogen) atoms. The highest BCUT2D eigenvalue weighted by atomic mass is 16.8. The topological polar surface area (TPSA) is 48.7 Å². The molecule has 0 radical (unpaired) electrons. The number of cyclic esters (lactones) is 2. The Kier molecular flexibility index (Phi) is 2.26. The zero-order valence-electron chi connectivity index (χ0n) is 8.49. The largest absolute Gasteiger partial charge is 0.514 e. The van der Waals surface area contributed by atoms with Crippen molar-refractivity contribution in [1.29, 1.82) is 0 Å². The molecule has 0 saturated carbocycles. The van der Waals surface area contributed by atoms with E-state index in [1.807, 2.05) is 12.1 Å². The number of hydrogen-bond acceptors (Lipinski definition) is 4. The van der Waals surface area contributed by atoms with E-state index in [0.29, 0.717) is 18.6 Å². The minimum atomic E-state index is -0.732. The molecule has 1 fully saturated rings. The Bertz CT molecular complexity index is 379. The lowest BCUT2D eigenvalue weighted by atomic mass is 9.98. The number of carbonyl (C=O) groups excluding carboxylic acids is 1. The average molecular weight is 208 g/mol. The summed E-state index contributed by atoms with van der Waals surface area (Å²) in [5, 5.41) is 0. The molecule has 0 aromatic carbocycles. The first kappa shape index (κ1) is 9.83. The van der Waals surface area contributed by atoms with Gasteiger partial charge in [0.15, 0.2) is 5.60 Å². The average Bonchev–Trinajstić information content (AvgIpc) is 2.73. The molecule has 2 heterocycles. The van der Waals surface area contributed by atoms with Crippen LogP contribution in [0.2, 0.25) is 0 Å². The summed E-state index contributed by atoms with van der Waals surface area (Å²) in [7, 11) is 0. The van der Waals surface area contributed by atoms with Crippen molar-refractivity contribution in [3.05, 3.63) is 36.5 Å². The third-order valence-corrected chi connectivity index (χ3v) is 2.53. The van der Waals surface area contributed by atoms with Gasteiger partial charge in [-0.1, -0.05) is 6.58 Å². The van der Waals surface area contributed by atoms with E-state index in [1.54, 1.807) is 13.2 Å². The van der Waals surface area contributed by atoms with Crippen molar-refractivity contribution in [3.63, 3.8) is 0 Å². The van der Waals surface area contributed by atoms with Crippen LogP contribution in [0.4, 0.5) is 4.79 Å². The Morgan fingerprint density at radius 2 is 2.33 bits per heavy atom. The molecule has 1 aliphatic rings. The summed E-state index contributed by atoms with van der Waals surface area (Å²) in [6.45, 7) is 5.44. The van der Waals surface area contributed by atoms with Crippen LogP contribution in [0.5, 0.6) is 0 Å². The Hall–Kier alpha value is -1.71. The minimum absolute atomic E-state index is 0.360. The number of hydrogen-bond donors (Lipinski definition) is 0. The molecule has 2 rings (SSSR count). The molecule has 1 atom stereocenters. The second-order valence-corrected chi connectivity index (χ2v) is 3.69. The minimum Gasteiger partial charge on any atom is -0.469 e. The molecular weight excluding hydrogens is 196 g/mol. The maximum Gasteiger partial charge on any atom is 0.514 e. The Morgan fingerprint density at radius 3 is 2.87 bits per heavy atom. The molecule has 1 aromatic heterocycles. The van der Waals surface area contributed by atoms with Crippen molar-refractivity contribution in [2.75, 3.05) is 0 Å². The molecule has 0 bridgehead atoms. The monoisotopic (exact) mass is 208 g/mol. The van der Waals surface area contributed by atoms with Crippen LogP contribution in [0.3, 0.4) is 0 Å². The summed E-state index contributed by atoms with van der Waals surface area (Å²) in [6, 6.07) is 3.70. The Balaban J connectivity index is 1.99. The fourth-order valence-electron chi connectivity index (χ4n) is 1.48. The molecule has 4 heteroatoms. The van der Waals surface area contributed by atoms with Gasteiger partial charge in [0, 0.05) is 12.8 Å². The van der Waals surface area contributed by atoms with Crippen LogP contribution in [0.1, 0.15) is 19.1 Å². The van der Waals surface area contributed by atoms with Gasteiger partial charge < -0.3 is 13.9 Å². The van der Waals surface area contributed by atoms with E-state index in [-0.39, 0.29) is 0 Å². The number of furan rings is 1. The van der Waals surface area contributed by atoms with Gasteiger partial charge in [-0.15, -0.1) is 0 Å². The van der Waals surface area contributed by atoms with Crippen LogP contribution < -0.4 is 0 Å². The zero-order chi connectivity index (χ0) is 10.9. The first-order valence-electron chi connectivity index (χ1n) is 4.73. The first-order valence-corrected chi connectivity index (χ1v) is 4.73. The van der Waals surface area contributed by atoms with Crippen molar-refractivity contribution in [2.45, 2.75) is 25.4 Å². The summed E-state index contributed by atoms with van der Waals surface area (Å²) >= 11 is 0. The first-order chi connectivity index (χ1) is 7.10. The van der Waals surface area contributed by atoms with E-state index in [9.17, 15) is 4.79 Å². The van der Waals surface area contributed by atoms with Crippen LogP contribution in [-0.4, -0.2) is 11.8 Å². The standard InChI is InChI=1S/C11H12O4/c1-8-11(2,15-10(12)14-8)6-5-9-4-3-7-13-9/h3-4,7H,1,5-6H2,2H3/t11-/m0/s1. The van der Waals surface area contributed by atoms with E-state index in [2.05, 4.69) is 6.58 Å². The van der Waals surface area contributed by atoms with Crippen molar-refractivity contribution in [1.82, 2.24) is 0 Å². The summed E-state index contributed by atoms with van der Waals surface area (Å²) in [6.07, 6.45) is 2.22. The molecule has 0 aliphatic carbocycles. The van der Waals surface area contributed by atoms with Crippen LogP contribution in [0, 0.1) is 0 Å². The molecular formula is C11H12O4. The summed E-state index contributed by atoms with van der Waals surface area (Å²) in [5.41, 5.74) is -0.732. The van der Waals surface area contributed by atoms with Gasteiger partial charge in [-0.3, -0.25) is 0 Å². The predicted octanol–water partition coefficient (Wildman–Crippen LogP) is 2.65. The molecule has 0 amide bonds. The van der Waals surface area contributed by atoms with Crippen LogP contribution in [0.15, 0.2) is 35.2 Å². The van der Waals surface area contributed by atoms with Gasteiger partial charge >= 0.3 is 6.16 Å². The van der Waals surface area contributed by atoms with Crippen molar-refractivity contribution >= 4 is 6.16 Å². The summed E-state index contributed by atoms with van der Waals surface area (Å²) < 4.78 is 15.0. The van der Waals surface area contributed by atoms with Crippen molar-refractivity contribution < 1.29 is 18.7 Å². The van der Waals surface area contributed by atoms with Gasteiger partial charge in [0.2, 0.25) is 0 Å². The van der Waals surface area contributed by atoms with Gasteiger partial charge in [-0.25, -0.2) is 4.79 Å². The van der Waals surface area contributed by atoms with E-state index in [1.165, 1.54) is 0 Å². The smallest absolute Gasteiger partial charge is 0.469 e. The number of carbonyl (C=O) groups is 1. The summed E-state index contributed by atoms with van der Waals surface area (Å²) in [4.78, 5) is 10.9. The predicted molar refractivity (Wildman–Crippen MR) is 52.1 cm³/mol. The van der Waals surface area contributed by atoms with Gasteiger partial charge in [0.05, 0.1) is 6.26 Å². The molecule has 0 unspecified atom stereocenters. The lowest BCUT2D eigenvalue weighted by molar-refractivity contribution is 0.0708. The number of aryl methyl sites for hydroxylation is 1. The quantitative estimate of drug-likeness (QED) is 0.716. The highest BCUT2D eigenvalue weighted by Crippen LogP contribution is 2.33. The third-order valence-electron chi connectivity index (χ3n) is 2.53. The fourth-order valence-corrected chi connectivity index (χ4v) is 1.48. The van der Waals surface area contributed by atoms with Crippen LogP contribution in [-0.2, 0) is 15.9 Å². The second kappa shape index (κ2) is 3.46. The SMILES string of the molecule is C=C1OC(=O)O[C@@]1(C)CCc1ccco1. The van der Waals surface area contributed by atoms with Crippen LogP contribution in [0.25, 0.3) is 0 Å². The molecule has 80 valence electrons. The van der Waals surface area contributed by atoms with Gasteiger partial charge in [-0.2, -0.15) is 0 Å². The lowest BCUT2D eigenvalue weighted by Gasteiger charge is -2.19. The van der Waals surface area contributed by atoms with Crippen LogP contribution >= 0.6 is 0 Å². The maximum absolute atomic E-state index is 10.9. The maximum atomic E-state index is 10.9. The van der Waals surface area contributed by atoms with Crippen molar-refractivity contribution in [2.24, 2.45) is 0 Å². The molecule has 0 spiro atoms. The normalized spacial score (nSPS) is 25.1.